The van der Waals surface area contributed by atoms with Crippen LogP contribution < -0.4 is 5.32 Å². The summed E-state index contributed by atoms with van der Waals surface area (Å²) in [5, 5.41) is 11.9. The van der Waals surface area contributed by atoms with E-state index < -0.39 is 0 Å². The summed E-state index contributed by atoms with van der Waals surface area (Å²) in [4.78, 5) is 17.0. The van der Waals surface area contributed by atoms with Crippen molar-refractivity contribution in [3.63, 3.8) is 0 Å². The molecule has 5 heteroatoms. The zero-order chi connectivity index (χ0) is 15.4. The van der Waals surface area contributed by atoms with Crippen LogP contribution >= 0.6 is 0 Å². The second kappa shape index (κ2) is 7.45. The third kappa shape index (κ3) is 4.10. The van der Waals surface area contributed by atoms with Gasteiger partial charge in [-0.2, -0.15) is 0 Å². The fraction of sp³-hybridized carbons (Fsp3) is 0.938. The molecule has 0 saturated carbocycles. The standard InChI is InChI=1S/C16H31N3O2/c1-12(2)19-14-6-7-15(19)11-18(9-8-14)16(21)17-13(3)5-4-10-20/h12-15,20H,4-11H2,1-3H3,(H,17,21). The summed E-state index contributed by atoms with van der Waals surface area (Å²) in [6.45, 7) is 8.45. The van der Waals surface area contributed by atoms with E-state index in [1.807, 2.05) is 11.8 Å². The lowest BCUT2D eigenvalue weighted by atomic mass is 10.1. The molecule has 2 bridgehead atoms. The summed E-state index contributed by atoms with van der Waals surface area (Å²) in [6, 6.07) is 1.94. The predicted octanol–water partition coefficient (Wildman–Crippen LogP) is 1.80. The van der Waals surface area contributed by atoms with Crippen LogP contribution in [0.25, 0.3) is 0 Å². The second-order valence-electron chi connectivity index (χ2n) is 6.88. The minimum atomic E-state index is 0.0664. The molecule has 0 aromatic rings. The zero-order valence-corrected chi connectivity index (χ0v) is 13.7. The lowest BCUT2D eigenvalue weighted by Gasteiger charge is -2.32. The van der Waals surface area contributed by atoms with E-state index in [9.17, 15) is 4.79 Å². The van der Waals surface area contributed by atoms with E-state index in [4.69, 9.17) is 5.11 Å². The molecule has 2 fully saturated rings. The van der Waals surface area contributed by atoms with Crippen LogP contribution in [-0.2, 0) is 0 Å². The fourth-order valence-corrected chi connectivity index (χ4v) is 3.91. The molecule has 2 saturated heterocycles. The van der Waals surface area contributed by atoms with Gasteiger partial charge in [0.05, 0.1) is 0 Å². The number of hydrogen-bond acceptors (Lipinski definition) is 3. The Bertz CT molecular complexity index is 348. The van der Waals surface area contributed by atoms with Gasteiger partial charge in [0.15, 0.2) is 0 Å². The highest BCUT2D eigenvalue weighted by molar-refractivity contribution is 5.74. The molecule has 0 aromatic heterocycles. The molecule has 0 aromatic carbocycles. The van der Waals surface area contributed by atoms with Gasteiger partial charge >= 0.3 is 6.03 Å². The van der Waals surface area contributed by atoms with Crippen molar-refractivity contribution < 1.29 is 9.90 Å². The van der Waals surface area contributed by atoms with Gasteiger partial charge in [0, 0.05) is 43.9 Å². The Morgan fingerprint density at radius 1 is 1.24 bits per heavy atom. The average molecular weight is 297 g/mol. The summed E-state index contributed by atoms with van der Waals surface area (Å²) in [5.74, 6) is 0. The highest BCUT2D eigenvalue weighted by Gasteiger charge is 2.39. The molecule has 2 N–H and O–H groups in total. The molecular formula is C16H31N3O2. The number of nitrogens with one attached hydrogen (secondary N) is 1. The van der Waals surface area contributed by atoms with Gasteiger partial charge in [-0.1, -0.05) is 0 Å². The Morgan fingerprint density at radius 2 is 1.95 bits per heavy atom. The van der Waals surface area contributed by atoms with Crippen LogP contribution in [0, 0.1) is 0 Å². The van der Waals surface area contributed by atoms with E-state index in [1.165, 1.54) is 12.8 Å². The first kappa shape index (κ1) is 16.6. The minimum Gasteiger partial charge on any atom is -0.396 e. The van der Waals surface area contributed by atoms with E-state index in [1.54, 1.807) is 0 Å². The highest BCUT2D eigenvalue weighted by atomic mass is 16.3. The molecule has 3 atom stereocenters. The van der Waals surface area contributed by atoms with Crippen LogP contribution in [0.3, 0.4) is 0 Å². The number of carbonyl (C=O) groups excluding carboxylic acids is 1. The number of urea groups is 1. The first-order valence-electron chi connectivity index (χ1n) is 8.46. The number of carbonyl (C=O) groups is 1. The maximum atomic E-state index is 12.4. The van der Waals surface area contributed by atoms with Crippen molar-refractivity contribution in [3.05, 3.63) is 0 Å². The molecule has 3 unspecified atom stereocenters. The summed E-state index contributed by atoms with van der Waals surface area (Å²) < 4.78 is 0. The van der Waals surface area contributed by atoms with Crippen molar-refractivity contribution in [2.75, 3.05) is 19.7 Å². The predicted molar refractivity (Wildman–Crippen MR) is 84.3 cm³/mol. The van der Waals surface area contributed by atoms with Crippen molar-refractivity contribution in [1.29, 1.82) is 0 Å². The largest absolute Gasteiger partial charge is 0.396 e. The maximum Gasteiger partial charge on any atom is 0.317 e. The van der Waals surface area contributed by atoms with Crippen LogP contribution in [0.1, 0.15) is 52.9 Å². The number of aliphatic hydroxyl groups excluding tert-OH is 1. The molecule has 2 aliphatic rings. The van der Waals surface area contributed by atoms with Crippen LogP contribution in [0.15, 0.2) is 0 Å². The summed E-state index contributed by atoms with van der Waals surface area (Å²) in [7, 11) is 0. The van der Waals surface area contributed by atoms with Gasteiger partial charge in [-0.25, -0.2) is 4.79 Å². The molecule has 2 heterocycles. The molecule has 0 aliphatic carbocycles. The van der Waals surface area contributed by atoms with Gasteiger partial charge < -0.3 is 15.3 Å². The van der Waals surface area contributed by atoms with Crippen molar-refractivity contribution in [3.8, 4) is 0 Å². The molecule has 0 radical (unpaired) electrons. The van der Waals surface area contributed by atoms with Gasteiger partial charge in [0.2, 0.25) is 0 Å². The van der Waals surface area contributed by atoms with E-state index in [-0.39, 0.29) is 18.7 Å². The topological polar surface area (TPSA) is 55.8 Å². The van der Waals surface area contributed by atoms with Gasteiger partial charge in [-0.15, -0.1) is 0 Å². The quantitative estimate of drug-likeness (QED) is 0.813. The average Bonchev–Trinajstić information content (AvgIpc) is 2.71. The monoisotopic (exact) mass is 297 g/mol. The third-order valence-corrected chi connectivity index (χ3v) is 4.89. The number of aliphatic hydroxyl groups is 1. The summed E-state index contributed by atoms with van der Waals surface area (Å²) in [5.41, 5.74) is 0. The molecular weight excluding hydrogens is 266 g/mol. The van der Waals surface area contributed by atoms with Crippen LogP contribution in [0.2, 0.25) is 0 Å². The lowest BCUT2D eigenvalue weighted by Crippen LogP contribution is -2.48. The van der Waals surface area contributed by atoms with Crippen molar-refractivity contribution >= 4 is 6.03 Å². The van der Waals surface area contributed by atoms with E-state index in [0.717, 1.165) is 32.4 Å². The lowest BCUT2D eigenvalue weighted by molar-refractivity contribution is 0.146. The second-order valence-corrected chi connectivity index (χ2v) is 6.88. The fourth-order valence-electron chi connectivity index (χ4n) is 3.91. The number of hydrogen-bond donors (Lipinski definition) is 2. The Kier molecular flexibility index (Phi) is 5.88. The maximum absolute atomic E-state index is 12.4. The van der Waals surface area contributed by atoms with Gasteiger partial charge in [0.25, 0.3) is 0 Å². The number of nitrogens with zero attached hydrogens (tertiary/aromatic N) is 2. The van der Waals surface area contributed by atoms with Crippen molar-refractivity contribution in [1.82, 2.24) is 15.1 Å². The first-order valence-corrected chi connectivity index (χ1v) is 8.46. The van der Waals surface area contributed by atoms with Crippen LogP contribution in [-0.4, -0.2) is 64.8 Å². The Morgan fingerprint density at radius 3 is 2.62 bits per heavy atom. The molecule has 122 valence electrons. The number of amides is 2. The van der Waals surface area contributed by atoms with Gasteiger partial charge in [0.1, 0.15) is 0 Å². The summed E-state index contributed by atoms with van der Waals surface area (Å²) >= 11 is 0. The Labute approximate surface area is 128 Å². The number of rotatable bonds is 5. The first-order chi connectivity index (χ1) is 10.0. The molecule has 2 rings (SSSR count). The highest BCUT2D eigenvalue weighted by Crippen LogP contribution is 2.31. The Hall–Kier alpha value is -0.810. The van der Waals surface area contributed by atoms with Crippen LogP contribution in [0.4, 0.5) is 4.79 Å². The molecule has 0 spiro atoms. The SMILES string of the molecule is CC(CCCO)NC(=O)N1CCC2CCC(C1)N2C(C)C. The normalized spacial score (nSPS) is 27.8. The zero-order valence-electron chi connectivity index (χ0n) is 13.7. The minimum absolute atomic E-state index is 0.0664. The smallest absolute Gasteiger partial charge is 0.317 e. The third-order valence-electron chi connectivity index (χ3n) is 4.89. The van der Waals surface area contributed by atoms with Gasteiger partial charge in [-0.3, -0.25) is 4.90 Å². The summed E-state index contributed by atoms with van der Waals surface area (Å²) in [6.07, 6.45) is 5.17. The Balaban J connectivity index is 1.89. The van der Waals surface area contributed by atoms with E-state index >= 15 is 0 Å². The van der Waals surface area contributed by atoms with Crippen LogP contribution in [0.5, 0.6) is 0 Å². The number of fused-ring (bicyclic) bond motifs is 2. The number of likely N-dealkylation sites (tertiary alicyclic amines) is 1. The molecule has 5 nitrogen and oxygen atoms in total. The van der Waals surface area contributed by atoms with Crippen molar-refractivity contribution in [2.24, 2.45) is 0 Å². The molecule has 2 aliphatic heterocycles. The molecule has 21 heavy (non-hydrogen) atoms. The van der Waals surface area contributed by atoms with E-state index in [2.05, 4.69) is 24.1 Å². The van der Waals surface area contributed by atoms with E-state index in [0.29, 0.717) is 18.1 Å². The molecule has 2 amide bonds. The van der Waals surface area contributed by atoms with Crippen molar-refractivity contribution in [2.45, 2.75) is 77.0 Å². The van der Waals surface area contributed by atoms with Gasteiger partial charge in [-0.05, 0) is 52.9 Å².